The Hall–Kier alpha value is -3.72. The zero-order valence-corrected chi connectivity index (χ0v) is 23.1. The number of imidazole rings is 1. The van der Waals surface area contributed by atoms with Crippen LogP contribution in [0.3, 0.4) is 0 Å². The fourth-order valence-corrected chi connectivity index (χ4v) is 6.36. The van der Waals surface area contributed by atoms with Crippen molar-refractivity contribution in [3.8, 4) is 11.4 Å². The number of hydrogen-bond donors (Lipinski definition) is 1. The molecule has 0 unspecified atom stereocenters. The van der Waals surface area contributed by atoms with E-state index in [9.17, 15) is 18.0 Å². The second-order valence-corrected chi connectivity index (χ2v) is 11.3. The molecule has 1 fully saturated rings. The van der Waals surface area contributed by atoms with Crippen molar-refractivity contribution in [2.24, 2.45) is 13.0 Å². The van der Waals surface area contributed by atoms with Gasteiger partial charge in [-0.15, -0.1) is 0 Å². The van der Waals surface area contributed by atoms with Gasteiger partial charge in [0.1, 0.15) is 5.82 Å². The third-order valence-electron chi connectivity index (χ3n) is 8.73. The Morgan fingerprint density at radius 1 is 1.02 bits per heavy atom. The highest BCUT2D eigenvalue weighted by Gasteiger charge is 2.31. The molecule has 1 amide bonds. The van der Waals surface area contributed by atoms with Crippen LogP contribution in [0.25, 0.3) is 22.3 Å². The Balaban J connectivity index is 0.998. The highest BCUT2D eigenvalue weighted by Crippen LogP contribution is 2.33. The number of nitrogens with one attached hydrogen (secondary N) is 1. The van der Waals surface area contributed by atoms with Crippen molar-refractivity contribution < 1.29 is 18.0 Å². The summed E-state index contributed by atoms with van der Waals surface area (Å²) in [6, 6.07) is 14.9. The van der Waals surface area contributed by atoms with Gasteiger partial charge < -0.3 is 9.88 Å². The molecule has 0 radical (unpaired) electrons. The largest absolute Gasteiger partial charge is 0.416 e. The van der Waals surface area contributed by atoms with Gasteiger partial charge >= 0.3 is 6.18 Å². The topological polar surface area (TPSA) is 63.1 Å². The van der Waals surface area contributed by atoms with Crippen molar-refractivity contribution in [1.29, 1.82) is 0 Å². The Bertz CT molecular complexity index is 1530. The van der Waals surface area contributed by atoms with Crippen LogP contribution < -0.4 is 5.32 Å². The maximum absolute atomic E-state index is 13.0. The first-order chi connectivity index (χ1) is 19.8. The molecule has 2 aromatic heterocycles. The lowest BCUT2D eigenvalue weighted by atomic mass is 9.84. The average molecular weight is 562 g/mol. The number of carbonyl (C=O) groups excluding carboxylic acids is 1. The van der Waals surface area contributed by atoms with E-state index in [1.165, 1.54) is 12.1 Å². The molecular formula is C32H34F3N5O. The van der Waals surface area contributed by atoms with Crippen molar-refractivity contribution >= 4 is 16.8 Å². The zero-order valence-electron chi connectivity index (χ0n) is 23.1. The molecule has 2 aliphatic rings. The molecule has 6 nitrogen and oxygen atoms in total. The average Bonchev–Trinajstić information content (AvgIpc) is 3.31. The van der Waals surface area contributed by atoms with Gasteiger partial charge in [0.05, 0.1) is 16.8 Å². The van der Waals surface area contributed by atoms with Crippen LogP contribution in [0.2, 0.25) is 0 Å². The van der Waals surface area contributed by atoms with Crippen LogP contribution in [0.1, 0.15) is 59.4 Å². The number of aromatic nitrogens is 3. The van der Waals surface area contributed by atoms with E-state index in [1.807, 2.05) is 41.9 Å². The number of halogens is 3. The highest BCUT2D eigenvalue weighted by atomic mass is 19.4. The predicted molar refractivity (Wildman–Crippen MR) is 152 cm³/mol. The van der Waals surface area contributed by atoms with Gasteiger partial charge in [0.2, 0.25) is 0 Å². The van der Waals surface area contributed by atoms with Crippen molar-refractivity contribution in [2.75, 3.05) is 13.1 Å². The Kier molecular flexibility index (Phi) is 7.55. The van der Waals surface area contributed by atoms with Crippen LogP contribution in [0, 0.1) is 5.92 Å². The third-order valence-corrected chi connectivity index (χ3v) is 8.73. The molecule has 1 aliphatic heterocycles. The summed E-state index contributed by atoms with van der Waals surface area (Å²) in [6.45, 7) is 2.70. The molecule has 0 atom stereocenters. The molecule has 0 saturated heterocycles. The Morgan fingerprint density at radius 2 is 1.80 bits per heavy atom. The van der Waals surface area contributed by atoms with Crippen molar-refractivity contribution in [2.45, 2.75) is 57.3 Å². The summed E-state index contributed by atoms with van der Waals surface area (Å²) < 4.78 is 40.9. The predicted octanol–water partition coefficient (Wildman–Crippen LogP) is 6.39. The maximum Gasteiger partial charge on any atom is 0.416 e. The van der Waals surface area contributed by atoms with E-state index in [4.69, 9.17) is 4.98 Å². The van der Waals surface area contributed by atoms with Crippen LogP contribution in [0.5, 0.6) is 0 Å². The fourth-order valence-electron chi connectivity index (χ4n) is 6.36. The Morgan fingerprint density at radius 3 is 2.56 bits per heavy atom. The minimum atomic E-state index is -4.34. The number of hydrogen-bond acceptors (Lipinski definition) is 4. The quantitative estimate of drug-likeness (QED) is 0.296. The molecule has 4 aromatic rings. The molecular weight excluding hydrogens is 527 g/mol. The number of amides is 1. The summed E-state index contributed by atoms with van der Waals surface area (Å²) in [4.78, 5) is 24.6. The van der Waals surface area contributed by atoms with Gasteiger partial charge in [-0.3, -0.25) is 14.7 Å². The van der Waals surface area contributed by atoms with Crippen molar-refractivity contribution in [3.05, 3.63) is 83.3 Å². The van der Waals surface area contributed by atoms with Crippen LogP contribution in [0.4, 0.5) is 13.2 Å². The standard InChI is InChI=1S/C32H34F3N5O/c1-39-29-16-19-40(20-28(29)38-30(39)22-9-11-23(12-10-22)32(33,34)35)18-15-21-7-13-24(14-8-21)37-31(41)26-4-2-6-27-25(26)5-3-17-36-27/h2-6,9-12,17,21,24H,7-8,13-16,18-20H2,1H3,(H,37,41). The van der Waals surface area contributed by atoms with Gasteiger partial charge in [-0.25, -0.2) is 4.98 Å². The smallest absolute Gasteiger partial charge is 0.349 e. The second kappa shape index (κ2) is 11.3. The molecule has 214 valence electrons. The number of fused-ring (bicyclic) bond motifs is 2. The number of alkyl halides is 3. The first-order valence-corrected chi connectivity index (χ1v) is 14.4. The summed E-state index contributed by atoms with van der Waals surface area (Å²) in [7, 11) is 1.95. The van der Waals surface area contributed by atoms with Gasteiger partial charge in [-0.2, -0.15) is 13.2 Å². The Labute approximate surface area is 237 Å². The van der Waals surface area contributed by atoms with E-state index in [0.29, 0.717) is 22.9 Å². The van der Waals surface area contributed by atoms with Gasteiger partial charge in [0, 0.05) is 61.0 Å². The lowest BCUT2D eigenvalue weighted by Gasteiger charge is -2.32. The first-order valence-electron chi connectivity index (χ1n) is 14.4. The van der Waals surface area contributed by atoms with E-state index in [-0.39, 0.29) is 11.9 Å². The number of rotatable bonds is 6. The minimum absolute atomic E-state index is 0.0257. The molecule has 1 aliphatic carbocycles. The van der Waals surface area contributed by atoms with Crippen LogP contribution in [-0.4, -0.2) is 44.5 Å². The molecule has 0 bridgehead atoms. The summed E-state index contributed by atoms with van der Waals surface area (Å²) in [5, 5.41) is 4.13. The minimum Gasteiger partial charge on any atom is -0.349 e. The highest BCUT2D eigenvalue weighted by molar-refractivity contribution is 6.06. The zero-order chi connectivity index (χ0) is 28.6. The summed E-state index contributed by atoms with van der Waals surface area (Å²) >= 11 is 0. The van der Waals surface area contributed by atoms with Gasteiger partial charge in [0.25, 0.3) is 5.91 Å². The molecule has 2 aromatic carbocycles. The molecule has 1 N–H and O–H groups in total. The summed E-state index contributed by atoms with van der Waals surface area (Å²) in [6.07, 6.45) is 3.56. The third kappa shape index (κ3) is 5.86. The number of pyridine rings is 1. The van der Waals surface area contributed by atoms with Crippen molar-refractivity contribution in [3.63, 3.8) is 0 Å². The molecule has 1 saturated carbocycles. The van der Waals surface area contributed by atoms with Crippen molar-refractivity contribution in [1.82, 2.24) is 24.8 Å². The van der Waals surface area contributed by atoms with Gasteiger partial charge in [-0.1, -0.05) is 24.3 Å². The molecule has 6 rings (SSSR count). The van der Waals surface area contributed by atoms with Crippen LogP contribution in [-0.2, 0) is 26.2 Å². The summed E-state index contributed by atoms with van der Waals surface area (Å²) in [5.74, 6) is 1.32. The number of benzene rings is 2. The molecule has 41 heavy (non-hydrogen) atoms. The normalized spacial score (nSPS) is 19.7. The van der Waals surface area contributed by atoms with E-state index in [0.717, 1.165) is 92.6 Å². The lowest BCUT2D eigenvalue weighted by molar-refractivity contribution is -0.137. The molecule has 3 heterocycles. The van der Waals surface area contributed by atoms with Crippen LogP contribution in [0.15, 0.2) is 60.8 Å². The molecule has 9 heteroatoms. The monoisotopic (exact) mass is 561 g/mol. The maximum atomic E-state index is 13.0. The van der Waals surface area contributed by atoms with E-state index in [1.54, 1.807) is 6.20 Å². The molecule has 0 spiro atoms. The number of carbonyl (C=O) groups is 1. The second-order valence-electron chi connectivity index (χ2n) is 11.3. The fraction of sp³-hybridized carbons (Fsp3) is 0.406. The SMILES string of the molecule is Cn1c(-c2ccc(C(F)(F)F)cc2)nc2c1CCN(CCC1CCC(NC(=O)c3cccc4ncccc34)CC1)C2. The number of nitrogens with zero attached hydrogens (tertiary/aromatic N) is 4. The van der Waals surface area contributed by atoms with Crippen LogP contribution >= 0.6 is 0 Å². The van der Waals surface area contributed by atoms with Gasteiger partial charge in [-0.05, 0) is 74.9 Å². The van der Waals surface area contributed by atoms with E-state index >= 15 is 0 Å². The lowest BCUT2D eigenvalue weighted by Crippen LogP contribution is -2.38. The van der Waals surface area contributed by atoms with E-state index < -0.39 is 11.7 Å². The van der Waals surface area contributed by atoms with E-state index in [2.05, 4.69) is 15.2 Å². The first kappa shape index (κ1) is 27.4. The summed E-state index contributed by atoms with van der Waals surface area (Å²) in [5.41, 5.74) is 3.74. The van der Waals surface area contributed by atoms with Gasteiger partial charge in [0.15, 0.2) is 0 Å².